The van der Waals surface area contributed by atoms with Gasteiger partial charge in [0.05, 0.1) is 0 Å². The summed E-state index contributed by atoms with van der Waals surface area (Å²) in [7, 11) is 0. The Kier molecular flexibility index (Phi) is 5.40. The molecule has 1 N–H and O–H groups in total. The maximum atomic E-state index is 6.19. The van der Waals surface area contributed by atoms with Gasteiger partial charge in [0.2, 0.25) is 0 Å². The zero-order chi connectivity index (χ0) is 15.2. The van der Waals surface area contributed by atoms with Crippen LogP contribution < -0.4 is 10.1 Å². The van der Waals surface area contributed by atoms with Crippen LogP contribution in [0.4, 0.5) is 0 Å². The van der Waals surface area contributed by atoms with Crippen molar-refractivity contribution < 1.29 is 4.74 Å². The lowest BCUT2D eigenvalue weighted by molar-refractivity contribution is 0.468. The molecule has 0 aliphatic carbocycles. The third-order valence-corrected chi connectivity index (χ3v) is 3.59. The Morgan fingerprint density at radius 1 is 1.05 bits per heavy atom. The van der Waals surface area contributed by atoms with Gasteiger partial charge in [-0.3, -0.25) is 0 Å². The van der Waals surface area contributed by atoms with Crippen molar-refractivity contribution in [1.29, 1.82) is 0 Å². The van der Waals surface area contributed by atoms with Crippen LogP contribution in [0.5, 0.6) is 11.5 Å². The predicted molar refractivity (Wildman–Crippen MR) is 89.2 cm³/mol. The highest BCUT2D eigenvalue weighted by molar-refractivity contribution is 5.43. The van der Waals surface area contributed by atoms with Gasteiger partial charge in [-0.15, -0.1) is 0 Å². The summed E-state index contributed by atoms with van der Waals surface area (Å²) in [4.78, 5) is 0. The second kappa shape index (κ2) is 7.28. The molecule has 0 aliphatic rings. The minimum Gasteiger partial charge on any atom is -0.457 e. The molecule has 0 unspecified atom stereocenters. The van der Waals surface area contributed by atoms with E-state index in [0.717, 1.165) is 30.2 Å². The highest BCUT2D eigenvalue weighted by Crippen LogP contribution is 2.32. The molecule has 21 heavy (non-hydrogen) atoms. The maximum Gasteiger partial charge on any atom is 0.130 e. The molecule has 0 aromatic heterocycles. The van der Waals surface area contributed by atoms with E-state index in [1.165, 1.54) is 11.1 Å². The van der Waals surface area contributed by atoms with Crippen molar-refractivity contribution >= 4 is 0 Å². The molecule has 2 aromatic carbocycles. The standard InChI is InChI=1S/C19H25NO/c1-5-20-13-16-11-10-15(4)19(12-16)21-18-9-7-6-8-17(18)14(2)3/h6-12,14,20H,5,13H2,1-4H3. The minimum atomic E-state index is 0.450. The van der Waals surface area contributed by atoms with Gasteiger partial charge in [0.1, 0.15) is 11.5 Å². The third-order valence-electron chi connectivity index (χ3n) is 3.59. The van der Waals surface area contributed by atoms with E-state index in [1.54, 1.807) is 0 Å². The van der Waals surface area contributed by atoms with Crippen molar-refractivity contribution in [3.63, 3.8) is 0 Å². The zero-order valence-electron chi connectivity index (χ0n) is 13.4. The average molecular weight is 283 g/mol. The lowest BCUT2D eigenvalue weighted by Crippen LogP contribution is -2.11. The second-order valence-corrected chi connectivity index (χ2v) is 5.67. The molecule has 2 heteroatoms. The largest absolute Gasteiger partial charge is 0.457 e. The fourth-order valence-corrected chi connectivity index (χ4v) is 2.30. The Bertz CT molecular complexity index is 590. The molecule has 0 aliphatic heterocycles. The summed E-state index contributed by atoms with van der Waals surface area (Å²) >= 11 is 0. The van der Waals surface area contributed by atoms with Crippen molar-refractivity contribution in [2.24, 2.45) is 0 Å². The fourth-order valence-electron chi connectivity index (χ4n) is 2.30. The summed E-state index contributed by atoms with van der Waals surface area (Å²) in [5, 5.41) is 3.35. The number of aryl methyl sites for hydroxylation is 1. The number of para-hydroxylation sites is 1. The molecule has 0 spiro atoms. The fraction of sp³-hybridized carbons (Fsp3) is 0.368. The smallest absolute Gasteiger partial charge is 0.130 e. The highest BCUT2D eigenvalue weighted by Gasteiger charge is 2.09. The van der Waals surface area contributed by atoms with Gasteiger partial charge in [0, 0.05) is 6.54 Å². The molecule has 0 amide bonds. The van der Waals surface area contributed by atoms with Gasteiger partial charge < -0.3 is 10.1 Å². The van der Waals surface area contributed by atoms with Crippen molar-refractivity contribution in [1.82, 2.24) is 5.32 Å². The van der Waals surface area contributed by atoms with Gasteiger partial charge in [-0.1, -0.05) is 51.1 Å². The van der Waals surface area contributed by atoms with Crippen LogP contribution >= 0.6 is 0 Å². The number of rotatable bonds is 6. The molecule has 0 heterocycles. The summed E-state index contributed by atoms with van der Waals surface area (Å²) in [6.45, 7) is 10.4. The van der Waals surface area contributed by atoms with Crippen LogP contribution in [-0.4, -0.2) is 6.54 Å². The summed E-state index contributed by atoms with van der Waals surface area (Å²) in [6, 6.07) is 14.7. The lowest BCUT2D eigenvalue weighted by Gasteiger charge is -2.16. The van der Waals surface area contributed by atoms with Crippen LogP contribution in [0.2, 0.25) is 0 Å². The Labute approximate surface area is 128 Å². The second-order valence-electron chi connectivity index (χ2n) is 5.67. The van der Waals surface area contributed by atoms with E-state index in [4.69, 9.17) is 4.74 Å². The summed E-state index contributed by atoms with van der Waals surface area (Å²) in [6.07, 6.45) is 0. The number of benzene rings is 2. The van der Waals surface area contributed by atoms with Crippen molar-refractivity contribution in [3.05, 3.63) is 59.2 Å². The molecule has 0 saturated heterocycles. The van der Waals surface area contributed by atoms with E-state index in [0.29, 0.717) is 5.92 Å². The summed E-state index contributed by atoms with van der Waals surface area (Å²) < 4.78 is 6.19. The van der Waals surface area contributed by atoms with Gasteiger partial charge in [-0.05, 0) is 48.2 Å². The average Bonchev–Trinajstić information content (AvgIpc) is 2.48. The maximum absolute atomic E-state index is 6.19. The molecule has 0 saturated carbocycles. The van der Waals surface area contributed by atoms with Crippen LogP contribution in [0.25, 0.3) is 0 Å². The van der Waals surface area contributed by atoms with E-state index in [9.17, 15) is 0 Å². The van der Waals surface area contributed by atoms with E-state index in [1.807, 2.05) is 12.1 Å². The minimum absolute atomic E-state index is 0.450. The summed E-state index contributed by atoms with van der Waals surface area (Å²) in [5.74, 6) is 2.35. The molecular weight excluding hydrogens is 258 g/mol. The Hall–Kier alpha value is -1.80. The van der Waals surface area contributed by atoms with Gasteiger partial charge in [-0.2, -0.15) is 0 Å². The van der Waals surface area contributed by atoms with E-state index in [2.05, 4.69) is 63.3 Å². The van der Waals surface area contributed by atoms with Gasteiger partial charge >= 0.3 is 0 Å². The van der Waals surface area contributed by atoms with Gasteiger partial charge in [0.25, 0.3) is 0 Å². The molecular formula is C19H25NO. The molecule has 2 aromatic rings. The molecule has 0 radical (unpaired) electrons. The van der Waals surface area contributed by atoms with Gasteiger partial charge in [-0.25, -0.2) is 0 Å². The normalized spacial score (nSPS) is 10.9. The van der Waals surface area contributed by atoms with Gasteiger partial charge in [0.15, 0.2) is 0 Å². The first-order valence-corrected chi connectivity index (χ1v) is 7.68. The quantitative estimate of drug-likeness (QED) is 0.803. The number of ether oxygens (including phenoxy) is 1. The Balaban J connectivity index is 2.26. The SMILES string of the molecule is CCNCc1ccc(C)c(Oc2ccccc2C(C)C)c1. The number of hydrogen-bond acceptors (Lipinski definition) is 2. The molecule has 2 nitrogen and oxygen atoms in total. The van der Waals surface area contributed by atoms with E-state index >= 15 is 0 Å². The third kappa shape index (κ3) is 4.08. The van der Waals surface area contributed by atoms with E-state index in [-0.39, 0.29) is 0 Å². The molecule has 0 atom stereocenters. The highest BCUT2D eigenvalue weighted by atomic mass is 16.5. The Morgan fingerprint density at radius 2 is 1.81 bits per heavy atom. The number of hydrogen-bond donors (Lipinski definition) is 1. The number of nitrogens with one attached hydrogen (secondary N) is 1. The van der Waals surface area contributed by atoms with Crippen LogP contribution in [0.1, 0.15) is 43.4 Å². The van der Waals surface area contributed by atoms with Crippen LogP contribution in [0.3, 0.4) is 0 Å². The zero-order valence-corrected chi connectivity index (χ0v) is 13.4. The molecule has 2 rings (SSSR count). The molecule has 0 fully saturated rings. The monoisotopic (exact) mass is 283 g/mol. The molecule has 112 valence electrons. The first kappa shape index (κ1) is 15.6. The Morgan fingerprint density at radius 3 is 2.52 bits per heavy atom. The summed E-state index contributed by atoms with van der Waals surface area (Å²) in [5.41, 5.74) is 3.65. The van der Waals surface area contributed by atoms with Crippen molar-refractivity contribution in [2.45, 2.75) is 40.2 Å². The predicted octanol–water partition coefficient (Wildman–Crippen LogP) is 5.02. The van der Waals surface area contributed by atoms with Crippen molar-refractivity contribution in [2.75, 3.05) is 6.54 Å². The first-order valence-electron chi connectivity index (χ1n) is 7.68. The molecule has 0 bridgehead atoms. The first-order chi connectivity index (χ1) is 10.1. The van der Waals surface area contributed by atoms with Crippen LogP contribution in [0, 0.1) is 6.92 Å². The van der Waals surface area contributed by atoms with Crippen LogP contribution in [-0.2, 0) is 6.54 Å². The topological polar surface area (TPSA) is 21.3 Å². The lowest BCUT2D eigenvalue weighted by atomic mass is 10.0. The van der Waals surface area contributed by atoms with Crippen molar-refractivity contribution in [3.8, 4) is 11.5 Å². The van der Waals surface area contributed by atoms with E-state index < -0.39 is 0 Å². The van der Waals surface area contributed by atoms with Crippen LogP contribution in [0.15, 0.2) is 42.5 Å².